The van der Waals surface area contributed by atoms with E-state index in [1.54, 1.807) is 6.92 Å². The summed E-state index contributed by atoms with van der Waals surface area (Å²) in [5.74, 6) is -0.992. The maximum atomic E-state index is 14.7. The monoisotopic (exact) mass is 482 g/mol. The standard InChI is InChI=1S/C28H38F4O2/c1-3-5-6-8-19-9-11-20(12-10-19)21-13-15-23(16-14-21)27(33)34-24-18-17-22(7-4-2)25(26(24)29)28(30,31)32/h4,7,17-21,23H,3,5-6,8-16H2,1-2H3/b7-4+. The number of esters is 1. The number of hydrogen-bond acceptors (Lipinski definition) is 2. The van der Waals surface area contributed by atoms with Crippen LogP contribution in [-0.2, 0) is 11.0 Å². The smallest absolute Gasteiger partial charge is 0.419 e. The number of halogens is 4. The molecule has 1 aromatic carbocycles. The second kappa shape index (κ2) is 12.2. The van der Waals surface area contributed by atoms with Crippen LogP contribution >= 0.6 is 0 Å². The van der Waals surface area contributed by atoms with Crippen LogP contribution in [0, 0.1) is 29.5 Å². The van der Waals surface area contributed by atoms with Crippen LogP contribution in [-0.4, -0.2) is 5.97 Å². The van der Waals surface area contributed by atoms with Gasteiger partial charge in [-0.3, -0.25) is 4.79 Å². The van der Waals surface area contributed by atoms with Crippen molar-refractivity contribution >= 4 is 12.0 Å². The molecule has 3 rings (SSSR count). The second-order valence-electron chi connectivity index (χ2n) is 10.1. The first-order valence-electron chi connectivity index (χ1n) is 13.0. The molecule has 34 heavy (non-hydrogen) atoms. The first-order valence-corrected chi connectivity index (χ1v) is 13.0. The van der Waals surface area contributed by atoms with E-state index in [4.69, 9.17) is 4.74 Å². The third kappa shape index (κ3) is 6.85. The Morgan fingerprint density at radius 1 is 1.00 bits per heavy atom. The maximum Gasteiger partial charge on any atom is 0.419 e. The van der Waals surface area contributed by atoms with Gasteiger partial charge in [0.15, 0.2) is 11.6 Å². The lowest BCUT2D eigenvalue weighted by molar-refractivity contribution is -0.143. The summed E-state index contributed by atoms with van der Waals surface area (Å²) in [6.45, 7) is 3.79. The fourth-order valence-electron chi connectivity index (χ4n) is 5.91. The fourth-order valence-corrected chi connectivity index (χ4v) is 5.91. The molecule has 190 valence electrons. The molecule has 0 atom stereocenters. The summed E-state index contributed by atoms with van der Waals surface area (Å²) in [6, 6.07) is 2.26. The first-order chi connectivity index (χ1) is 16.2. The molecule has 1 aromatic rings. The zero-order chi connectivity index (χ0) is 24.7. The summed E-state index contributed by atoms with van der Waals surface area (Å²) in [4.78, 5) is 12.7. The Hall–Kier alpha value is -1.85. The summed E-state index contributed by atoms with van der Waals surface area (Å²) < 4.78 is 60.1. The highest BCUT2D eigenvalue weighted by Crippen LogP contribution is 2.43. The summed E-state index contributed by atoms with van der Waals surface area (Å²) in [5.41, 5.74) is -1.68. The molecule has 0 aliphatic heterocycles. The van der Waals surface area contributed by atoms with Crippen molar-refractivity contribution in [2.75, 3.05) is 0 Å². The van der Waals surface area contributed by atoms with Gasteiger partial charge in [-0.05, 0) is 74.8 Å². The van der Waals surface area contributed by atoms with E-state index in [-0.39, 0.29) is 11.5 Å². The SMILES string of the molecule is C/C=C/c1ccc(OC(=O)C2CCC(C3CCC(CCCCC)CC3)CC2)c(F)c1C(F)(F)F. The van der Waals surface area contributed by atoms with Crippen molar-refractivity contribution in [2.45, 2.75) is 97.1 Å². The van der Waals surface area contributed by atoms with Crippen LogP contribution in [0.1, 0.15) is 102 Å². The van der Waals surface area contributed by atoms with Crippen LogP contribution in [0.3, 0.4) is 0 Å². The van der Waals surface area contributed by atoms with E-state index in [1.807, 2.05) is 0 Å². The Balaban J connectivity index is 1.53. The summed E-state index contributed by atoms with van der Waals surface area (Å²) >= 11 is 0. The Labute approximate surface area is 201 Å². The van der Waals surface area contributed by atoms with E-state index >= 15 is 0 Å². The molecule has 0 bridgehead atoms. The lowest BCUT2D eigenvalue weighted by Gasteiger charge is -2.37. The van der Waals surface area contributed by atoms with E-state index in [0.29, 0.717) is 24.7 Å². The normalized spacial score (nSPS) is 26.1. The summed E-state index contributed by atoms with van der Waals surface area (Å²) in [6.07, 6.45) is 11.3. The average molecular weight is 483 g/mol. The highest BCUT2D eigenvalue weighted by atomic mass is 19.4. The van der Waals surface area contributed by atoms with Crippen molar-refractivity contribution < 1.29 is 27.1 Å². The molecular formula is C28H38F4O2. The van der Waals surface area contributed by atoms with Crippen molar-refractivity contribution in [1.29, 1.82) is 0 Å². The second-order valence-corrected chi connectivity index (χ2v) is 10.1. The molecule has 0 radical (unpaired) electrons. The van der Waals surface area contributed by atoms with Gasteiger partial charge in [0.1, 0.15) is 5.56 Å². The van der Waals surface area contributed by atoms with Crippen LogP contribution < -0.4 is 4.74 Å². The van der Waals surface area contributed by atoms with Crippen molar-refractivity contribution in [3.63, 3.8) is 0 Å². The van der Waals surface area contributed by atoms with Crippen LogP contribution in [0.15, 0.2) is 18.2 Å². The average Bonchev–Trinajstić information content (AvgIpc) is 2.81. The van der Waals surface area contributed by atoms with Gasteiger partial charge in [-0.15, -0.1) is 0 Å². The minimum Gasteiger partial charge on any atom is -0.423 e. The van der Waals surface area contributed by atoms with Crippen LogP contribution in [0.25, 0.3) is 6.08 Å². The highest BCUT2D eigenvalue weighted by molar-refractivity contribution is 5.75. The van der Waals surface area contributed by atoms with Gasteiger partial charge in [-0.1, -0.05) is 63.7 Å². The minimum atomic E-state index is -4.88. The molecule has 2 nitrogen and oxygen atoms in total. The Morgan fingerprint density at radius 3 is 2.18 bits per heavy atom. The van der Waals surface area contributed by atoms with Crippen LogP contribution in [0.5, 0.6) is 5.75 Å². The largest absolute Gasteiger partial charge is 0.423 e. The quantitative estimate of drug-likeness (QED) is 0.160. The third-order valence-corrected chi connectivity index (χ3v) is 7.86. The van der Waals surface area contributed by atoms with E-state index in [0.717, 1.165) is 30.9 Å². The number of allylic oxidation sites excluding steroid dienone is 1. The maximum absolute atomic E-state index is 14.7. The van der Waals surface area contributed by atoms with Gasteiger partial charge in [0, 0.05) is 0 Å². The lowest BCUT2D eigenvalue weighted by atomic mass is 9.68. The molecule has 0 unspecified atom stereocenters. The van der Waals surface area contributed by atoms with Gasteiger partial charge < -0.3 is 4.74 Å². The van der Waals surface area contributed by atoms with Gasteiger partial charge in [0.25, 0.3) is 0 Å². The molecule has 0 N–H and O–H groups in total. The number of unbranched alkanes of at least 4 members (excludes halogenated alkanes) is 2. The molecule has 2 saturated carbocycles. The number of rotatable bonds is 8. The molecule has 0 saturated heterocycles. The van der Waals surface area contributed by atoms with E-state index in [1.165, 1.54) is 63.5 Å². The van der Waals surface area contributed by atoms with Crippen LogP contribution in [0.4, 0.5) is 17.6 Å². The predicted octanol–water partition coefficient (Wildman–Crippen LogP) is 8.98. The molecule has 0 aromatic heterocycles. The third-order valence-electron chi connectivity index (χ3n) is 7.86. The highest BCUT2D eigenvalue weighted by Gasteiger charge is 2.39. The zero-order valence-corrected chi connectivity index (χ0v) is 20.4. The summed E-state index contributed by atoms with van der Waals surface area (Å²) in [7, 11) is 0. The van der Waals surface area contributed by atoms with Crippen molar-refractivity contribution in [3.05, 3.63) is 35.2 Å². The number of ether oxygens (including phenoxy) is 1. The van der Waals surface area contributed by atoms with Gasteiger partial charge in [0.05, 0.1) is 5.92 Å². The zero-order valence-electron chi connectivity index (χ0n) is 20.4. The molecule has 2 fully saturated rings. The topological polar surface area (TPSA) is 26.3 Å². The molecule has 0 amide bonds. The predicted molar refractivity (Wildman–Crippen MR) is 127 cm³/mol. The van der Waals surface area contributed by atoms with Crippen molar-refractivity contribution in [2.24, 2.45) is 23.7 Å². The molecule has 0 heterocycles. The van der Waals surface area contributed by atoms with E-state index < -0.39 is 29.3 Å². The fraction of sp³-hybridized carbons (Fsp3) is 0.679. The Morgan fingerprint density at radius 2 is 1.62 bits per heavy atom. The minimum absolute atomic E-state index is 0.284. The number of hydrogen-bond donors (Lipinski definition) is 0. The molecular weight excluding hydrogens is 444 g/mol. The van der Waals surface area contributed by atoms with Crippen molar-refractivity contribution in [3.8, 4) is 5.75 Å². The molecule has 2 aliphatic carbocycles. The van der Waals surface area contributed by atoms with E-state index in [2.05, 4.69) is 6.92 Å². The Kier molecular flexibility index (Phi) is 9.61. The number of carbonyl (C=O) groups excluding carboxylic acids is 1. The lowest BCUT2D eigenvalue weighted by Crippen LogP contribution is -2.30. The number of carbonyl (C=O) groups is 1. The first kappa shape index (κ1) is 26.7. The van der Waals surface area contributed by atoms with Gasteiger partial charge in [-0.2, -0.15) is 13.2 Å². The summed E-state index contributed by atoms with van der Waals surface area (Å²) in [5, 5.41) is 0. The van der Waals surface area contributed by atoms with Gasteiger partial charge in [-0.25, -0.2) is 4.39 Å². The number of alkyl halides is 3. The van der Waals surface area contributed by atoms with Gasteiger partial charge in [0.2, 0.25) is 0 Å². The van der Waals surface area contributed by atoms with Crippen LogP contribution in [0.2, 0.25) is 0 Å². The van der Waals surface area contributed by atoms with E-state index in [9.17, 15) is 22.4 Å². The number of benzene rings is 1. The molecule has 0 spiro atoms. The van der Waals surface area contributed by atoms with Gasteiger partial charge >= 0.3 is 12.1 Å². The van der Waals surface area contributed by atoms with Crippen molar-refractivity contribution in [1.82, 2.24) is 0 Å². The Bertz CT molecular complexity index is 830. The molecule has 2 aliphatic rings. The molecule has 6 heteroatoms.